The van der Waals surface area contributed by atoms with Crippen LogP contribution in [-0.2, 0) is 6.54 Å². The molecule has 29 heavy (non-hydrogen) atoms. The minimum atomic E-state index is -0.458. The molecule has 0 radical (unpaired) electrons. The Labute approximate surface area is 170 Å². The summed E-state index contributed by atoms with van der Waals surface area (Å²) in [7, 11) is 0. The largest absolute Gasteiger partial charge is 0.378 e. The van der Waals surface area contributed by atoms with Crippen LogP contribution in [0.15, 0.2) is 27.2 Å². The fourth-order valence-corrected chi connectivity index (χ4v) is 3.87. The molecule has 12 heteroatoms. The molecule has 3 aromatic heterocycles. The van der Waals surface area contributed by atoms with Crippen LogP contribution in [0.25, 0.3) is 5.82 Å². The second-order valence-corrected chi connectivity index (χ2v) is 7.67. The molecule has 4 heterocycles. The van der Waals surface area contributed by atoms with Gasteiger partial charge in [0.05, 0.1) is 5.71 Å². The van der Waals surface area contributed by atoms with Gasteiger partial charge in [0.25, 0.3) is 5.91 Å². The van der Waals surface area contributed by atoms with Gasteiger partial charge in [0.2, 0.25) is 11.6 Å². The maximum Gasteiger partial charge on any atom is 0.292 e. The zero-order chi connectivity index (χ0) is 20.2. The van der Waals surface area contributed by atoms with Crippen LogP contribution in [0, 0.1) is 0 Å². The molecule has 1 amide bonds. The number of nitrogens with two attached hydrogens (primary N) is 1. The zero-order valence-electron chi connectivity index (χ0n) is 15.9. The molecular formula is C17H21N9O2S. The molecule has 0 aliphatic carbocycles. The van der Waals surface area contributed by atoms with Crippen molar-refractivity contribution in [1.82, 2.24) is 35.6 Å². The summed E-state index contributed by atoms with van der Waals surface area (Å²) in [5.74, 6) is -0.321. The molecule has 0 unspecified atom stereocenters. The molecule has 0 atom stereocenters. The van der Waals surface area contributed by atoms with E-state index in [0.717, 1.165) is 30.8 Å². The van der Waals surface area contributed by atoms with Gasteiger partial charge < -0.3 is 5.73 Å². The fraction of sp³-hybridized carbons (Fsp3) is 0.412. The Morgan fingerprint density at radius 2 is 2.17 bits per heavy atom. The summed E-state index contributed by atoms with van der Waals surface area (Å²) in [6.45, 7) is 4.24. The molecule has 0 spiro atoms. The van der Waals surface area contributed by atoms with E-state index in [4.69, 9.17) is 5.73 Å². The van der Waals surface area contributed by atoms with Gasteiger partial charge in [0.1, 0.15) is 5.69 Å². The number of likely N-dealkylation sites (tertiary alicyclic amines) is 1. The Morgan fingerprint density at radius 1 is 1.34 bits per heavy atom. The molecule has 11 nitrogen and oxygen atoms in total. The number of nitrogens with zero attached hydrogens (tertiary/aromatic N) is 7. The van der Waals surface area contributed by atoms with Crippen LogP contribution in [-0.4, -0.2) is 54.9 Å². The summed E-state index contributed by atoms with van der Waals surface area (Å²) >= 11 is 1.54. The van der Waals surface area contributed by atoms with Crippen molar-refractivity contribution in [1.29, 1.82) is 0 Å². The van der Waals surface area contributed by atoms with Crippen LogP contribution in [0.3, 0.4) is 0 Å². The monoisotopic (exact) mass is 415 g/mol. The first kappa shape index (κ1) is 19.2. The molecule has 1 aliphatic rings. The number of carbonyl (C=O) groups is 1. The lowest BCUT2D eigenvalue weighted by Crippen LogP contribution is -2.31. The Morgan fingerprint density at radius 3 is 2.86 bits per heavy atom. The summed E-state index contributed by atoms with van der Waals surface area (Å²) < 4.78 is 5.91. The number of rotatable bonds is 6. The van der Waals surface area contributed by atoms with Crippen LogP contribution >= 0.6 is 11.3 Å². The van der Waals surface area contributed by atoms with E-state index in [1.807, 2.05) is 24.4 Å². The van der Waals surface area contributed by atoms with Crippen molar-refractivity contribution in [3.05, 3.63) is 33.8 Å². The van der Waals surface area contributed by atoms with E-state index in [9.17, 15) is 4.79 Å². The van der Waals surface area contributed by atoms with Crippen LogP contribution < -0.4 is 11.2 Å². The van der Waals surface area contributed by atoms with Crippen LogP contribution in [0.5, 0.6) is 0 Å². The Balaban J connectivity index is 1.63. The molecule has 1 saturated heterocycles. The normalized spacial score (nSPS) is 15.6. The van der Waals surface area contributed by atoms with E-state index >= 15 is 0 Å². The minimum Gasteiger partial charge on any atom is -0.378 e. The van der Waals surface area contributed by atoms with Crippen molar-refractivity contribution < 1.29 is 9.42 Å². The maximum atomic E-state index is 13.0. The third-order valence-corrected chi connectivity index (χ3v) is 5.65. The Kier molecular flexibility index (Phi) is 5.62. The van der Waals surface area contributed by atoms with Crippen molar-refractivity contribution in [2.45, 2.75) is 32.7 Å². The molecule has 1 fully saturated rings. The number of anilines is 1. The number of nitrogen functional groups attached to an aromatic ring is 1. The predicted molar refractivity (Wildman–Crippen MR) is 107 cm³/mol. The molecule has 0 saturated carbocycles. The van der Waals surface area contributed by atoms with Crippen LogP contribution in [0.1, 0.15) is 47.2 Å². The highest BCUT2D eigenvalue weighted by Crippen LogP contribution is 2.19. The van der Waals surface area contributed by atoms with Gasteiger partial charge >= 0.3 is 0 Å². The van der Waals surface area contributed by atoms with Gasteiger partial charge in [0, 0.05) is 11.4 Å². The van der Waals surface area contributed by atoms with Crippen molar-refractivity contribution in [3.8, 4) is 5.82 Å². The molecular weight excluding hydrogens is 394 g/mol. The molecule has 0 bridgehead atoms. The third-order valence-electron chi connectivity index (χ3n) is 4.68. The molecule has 3 N–H and O–H groups in total. The van der Waals surface area contributed by atoms with Crippen molar-refractivity contribution in [3.63, 3.8) is 0 Å². The Bertz CT molecular complexity index is 1000. The summed E-state index contributed by atoms with van der Waals surface area (Å²) in [5, 5.41) is 21.7. The smallest absolute Gasteiger partial charge is 0.292 e. The molecule has 3 aromatic rings. The van der Waals surface area contributed by atoms with Gasteiger partial charge in [0.15, 0.2) is 5.69 Å². The molecule has 152 valence electrons. The van der Waals surface area contributed by atoms with E-state index in [0.29, 0.717) is 18.0 Å². The lowest BCUT2D eigenvalue weighted by molar-refractivity contribution is 0.0944. The van der Waals surface area contributed by atoms with E-state index in [-0.39, 0.29) is 17.3 Å². The molecule has 1 aliphatic heterocycles. The van der Waals surface area contributed by atoms with Gasteiger partial charge in [-0.05, 0) is 54.6 Å². The lowest BCUT2D eigenvalue weighted by Gasteiger charge is -2.25. The summed E-state index contributed by atoms with van der Waals surface area (Å²) in [5.41, 5.74) is 9.82. The van der Waals surface area contributed by atoms with Gasteiger partial charge in [-0.1, -0.05) is 17.7 Å². The lowest BCUT2D eigenvalue weighted by atomic mass is 10.1. The second kappa shape index (κ2) is 8.49. The number of nitrogens with one attached hydrogen (secondary N) is 1. The number of amides is 1. The highest BCUT2D eigenvalue weighted by atomic mass is 32.1. The van der Waals surface area contributed by atoms with Crippen molar-refractivity contribution in [2.24, 2.45) is 5.10 Å². The molecule has 0 aromatic carbocycles. The summed E-state index contributed by atoms with van der Waals surface area (Å²) in [4.78, 5) is 16.2. The topological polar surface area (TPSA) is 140 Å². The Hall–Kier alpha value is -3.12. The third kappa shape index (κ3) is 4.17. The van der Waals surface area contributed by atoms with Gasteiger partial charge in [-0.3, -0.25) is 9.69 Å². The highest BCUT2D eigenvalue weighted by molar-refractivity contribution is 7.12. The first-order valence-electron chi connectivity index (χ1n) is 9.27. The second-order valence-electron chi connectivity index (χ2n) is 6.72. The zero-order valence-corrected chi connectivity index (χ0v) is 16.7. The predicted octanol–water partition coefficient (Wildman–Crippen LogP) is 1.43. The van der Waals surface area contributed by atoms with Crippen LogP contribution in [0.2, 0.25) is 0 Å². The first-order valence-corrected chi connectivity index (χ1v) is 10.2. The van der Waals surface area contributed by atoms with E-state index in [1.54, 1.807) is 11.3 Å². The maximum absolute atomic E-state index is 13.0. The average molecular weight is 415 g/mol. The van der Waals surface area contributed by atoms with E-state index in [1.165, 1.54) is 11.1 Å². The van der Waals surface area contributed by atoms with E-state index < -0.39 is 5.91 Å². The quantitative estimate of drug-likeness (QED) is 0.455. The number of thiophene rings is 1. The number of hydrogen-bond acceptors (Lipinski definition) is 10. The summed E-state index contributed by atoms with van der Waals surface area (Å²) in [6, 6.07) is 3.86. The van der Waals surface area contributed by atoms with Crippen molar-refractivity contribution >= 4 is 28.8 Å². The summed E-state index contributed by atoms with van der Waals surface area (Å²) in [6.07, 6.45) is 3.47. The average Bonchev–Trinajstić information content (AvgIpc) is 3.47. The fourth-order valence-electron chi connectivity index (χ4n) is 3.19. The first-order chi connectivity index (χ1) is 14.1. The van der Waals surface area contributed by atoms with Gasteiger partial charge in [-0.15, -0.1) is 16.4 Å². The molecule has 4 rings (SSSR count). The highest BCUT2D eigenvalue weighted by Gasteiger charge is 2.26. The number of hydrogen-bond donors (Lipinski definition) is 2. The number of piperidine rings is 1. The van der Waals surface area contributed by atoms with Crippen LogP contribution in [0.4, 0.5) is 5.82 Å². The van der Waals surface area contributed by atoms with Gasteiger partial charge in [-0.25, -0.2) is 10.1 Å². The standard InChI is InChI=1S/C17H21N9O2S/c1-11(13-6-5-9-29-13)19-21-17(27)14-12(10-25-7-3-2-4-8-25)20-24-26(14)16-15(18)22-28-23-16/h5-6,9H,2-4,7-8,10H2,1H3,(H2,18,22)(H,21,27)/b19-11-. The number of carbonyl (C=O) groups excluding carboxylic acids is 1. The van der Waals surface area contributed by atoms with Gasteiger partial charge in [-0.2, -0.15) is 9.78 Å². The SMILES string of the molecule is C/C(=N/NC(=O)c1c(CN2CCCCC2)nnn1-c1nonc1N)c1cccs1. The minimum absolute atomic E-state index is 0.0201. The number of aromatic nitrogens is 5. The number of hydrazone groups is 1. The van der Waals surface area contributed by atoms with E-state index in [2.05, 4.69) is 40.7 Å². The van der Waals surface area contributed by atoms with Crippen molar-refractivity contribution in [2.75, 3.05) is 18.8 Å².